The largest absolute Gasteiger partial charge is 0.379 e. The molecule has 0 atom stereocenters. The fraction of sp³-hybridized carbons (Fsp3) is 0.417. The summed E-state index contributed by atoms with van der Waals surface area (Å²) in [5, 5.41) is 0. The fourth-order valence-electron chi connectivity index (χ4n) is 4.07. The number of sulfonamides is 1. The first-order valence-electron chi connectivity index (χ1n) is 11.3. The molecule has 3 amide bonds. The highest BCUT2D eigenvalue weighted by Gasteiger charge is 2.31. The van der Waals surface area contributed by atoms with Crippen molar-refractivity contribution in [1.29, 1.82) is 0 Å². The summed E-state index contributed by atoms with van der Waals surface area (Å²) in [6.07, 6.45) is 2.90. The summed E-state index contributed by atoms with van der Waals surface area (Å²) in [7, 11) is -3.66. The molecular formula is C24H29N3O5S. The van der Waals surface area contributed by atoms with Gasteiger partial charge in [0.25, 0.3) is 5.91 Å². The lowest BCUT2D eigenvalue weighted by molar-refractivity contribution is 0.0730. The second-order valence-electron chi connectivity index (χ2n) is 8.35. The van der Waals surface area contributed by atoms with Crippen LogP contribution in [-0.2, 0) is 14.8 Å². The first-order valence-corrected chi connectivity index (χ1v) is 12.7. The van der Waals surface area contributed by atoms with Crippen molar-refractivity contribution in [2.75, 3.05) is 44.3 Å². The quantitative estimate of drug-likeness (QED) is 0.683. The summed E-state index contributed by atoms with van der Waals surface area (Å²) in [6, 6.07) is 12.7. The number of imide groups is 1. The summed E-state index contributed by atoms with van der Waals surface area (Å²) in [5.74, 6) is -0.482. The molecule has 2 aromatic carbocycles. The molecule has 0 radical (unpaired) electrons. The molecule has 8 nitrogen and oxygen atoms in total. The van der Waals surface area contributed by atoms with Crippen LogP contribution in [0.1, 0.15) is 35.2 Å². The Morgan fingerprint density at radius 1 is 0.848 bits per heavy atom. The molecule has 0 unspecified atom stereocenters. The van der Waals surface area contributed by atoms with Crippen molar-refractivity contribution < 1.29 is 22.7 Å². The third-order valence-corrected chi connectivity index (χ3v) is 7.94. The molecule has 0 aliphatic carbocycles. The molecule has 2 saturated heterocycles. The highest BCUT2D eigenvalue weighted by Crippen LogP contribution is 2.24. The predicted octanol–water partition coefficient (Wildman–Crippen LogP) is 3.27. The molecule has 0 spiro atoms. The third kappa shape index (κ3) is 5.10. The molecule has 2 fully saturated rings. The van der Waals surface area contributed by atoms with Crippen LogP contribution in [0.4, 0.5) is 10.5 Å². The molecule has 0 saturated carbocycles. The van der Waals surface area contributed by atoms with Gasteiger partial charge in [0.15, 0.2) is 0 Å². The minimum Gasteiger partial charge on any atom is -0.379 e. The van der Waals surface area contributed by atoms with Gasteiger partial charge in [-0.1, -0.05) is 17.7 Å². The van der Waals surface area contributed by atoms with E-state index in [2.05, 4.69) is 0 Å². The van der Waals surface area contributed by atoms with Gasteiger partial charge in [-0.3, -0.25) is 4.79 Å². The van der Waals surface area contributed by atoms with E-state index < -0.39 is 15.9 Å². The summed E-state index contributed by atoms with van der Waals surface area (Å²) >= 11 is 0. The number of piperidine rings is 1. The number of amides is 3. The van der Waals surface area contributed by atoms with E-state index in [1.807, 2.05) is 19.1 Å². The number of anilines is 1. The Labute approximate surface area is 194 Å². The number of urea groups is 1. The standard InChI is InChI=1S/C24H29N3O5S/c1-19-5-9-21(10-6-19)27(24(29)25-13-3-2-4-14-25)23(28)20-7-11-22(12-8-20)33(30,31)26-15-17-32-18-16-26/h5-12H,2-4,13-18H2,1H3. The van der Waals surface area contributed by atoms with Crippen LogP contribution < -0.4 is 4.90 Å². The number of morpholine rings is 1. The van der Waals surface area contributed by atoms with Gasteiger partial charge in [-0.15, -0.1) is 0 Å². The van der Waals surface area contributed by atoms with Crippen LogP contribution in [0.25, 0.3) is 0 Å². The van der Waals surface area contributed by atoms with E-state index in [0.717, 1.165) is 24.8 Å². The molecule has 0 aromatic heterocycles. The van der Waals surface area contributed by atoms with Crippen molar-refractivity contribution in [1.82, 2.24) is 9.21 Å². The summed E-state index contributed by atoms with van der Waals surface area (Å²) < 4.78 is 32.4. The number of hydrogen-bond donors (Lipinski definition) is 0. The predicted molar refractivity (Wildman–Crippen MR) is 125 cm³/mol. The Hall–Kier alpha value is -2.75. The van der Waals surface area contributed by atoms with Gasteiger partial charge in [0.1, 0.15) is 0 Å². The van der Waals surface area contributed by atoms with Crippen molar-refractivity contribution in [2.45, 2.75) is 31.1 Å². The Morgan fingerprint density at radius 2 is 1.45 bits per heavy atom. The van der Waals surface area contributed by atoms with Crippen LogP contribution >= 0.6 is 0 Å². The minimum absolute atomic E-state index is 0.116. The van der Waals surface area contributed by atoms with Gasteiger partial charge in [-0.25, -0.2) is 18.1 Å². The van der Waals surface area contributed by atoms with Crippen LogP contribution in [0.15, 0.2) is 53.4 Å². The van der Waals surface area contributed by atoms with Gasteiger partial charge in [0, 0.05) is 31.7 Å². The number of ether oxygens (including phenoxy) is 1. The normalized spacial score (nSPS) is 17.5. The monoisotopic (exact) mass is 471 g/mol. The Kier molecular flexibility index (Phi) is 7.11. The van der Waals surface area contributed by atoms with Crippen molar-refractivity contribution in [3.05, 3.63) is 59.7 Å². The number of rotatable bonds is 4. The van der Waals surface area contributed by atoms with Crippen LogP contribution in [-0.4, -0.2) is 69.0 Å². The zero-order chi connectivity index (χ0) is 23.4. The third-order valence-electron chi connectivity index (χ3n) is 6.02. The summed E-state index contributed by atoms with van der Waals surface area (Å²) in [6.45, 7) is 4.50. The van der Waals surface area contributed by atoms with Gasteiger partial charge in [0.05, 0.1) is 23.8 Å². The molecule has 2 aromatic rings. The van der Waals surface area contributed by atoms with Gasteiger partial charge in [-0.2, -0.15) is 4.31 Å². The van der Waals surface area contributed by atoms with Crippen LogP contribution in [0, 0.1) is 6.92 Å². The highest BCUT2D eigenvalue weighted by atomic mass is 32.2. The number of hydrogen-bond acceptors (Lipinski definition) is 5. The lowest BCUT2D eigenvalue weighted by Gasteiger charge is -2.32. The van der Waals surface area contributed by atoms with Gasteiger partial charge in [0.2, 0.25) is 10.0 Å². The SMILES string of the molecule is Cc1ccc(N(C(=O)c2ccc(S(=O)(=O)N3CCOCC3)cc2)C(=O)N2CCCCC2)cc1. The van der Waals surface area contributed by atoms with Crippen molar-refractivity contribution in [2.24, 2.45) is 0 Å². The Bertz CT molecular complexity index is 1090. The minimum atomic E-state index is -3.66. The molecule has 0 N–H and O–H groups in total. The number of likely N-dealkylation sites (tertiary alicyclic amines) is 1. The first kappa shape index (κ1) is 23.4. The summed E-state index contributed by atoms with van der Waals surface area (Å²) in [5.41, 5.74) is 1.77. The molecule has 4 rings (SSSR count). The second kappa shape index (κ2) is 10.0. The van der Waals surface area contributed by atoms with Crippen molar-refractivity contribution in [3.8, 4) is 0 Å². The van der Waals surface area contributed by atoms with E-state index in [1.165, 1.54) is 33.5 Å². The van der Waals surface area contributed by atoms with E-state index in [9.17, 15) is 18.0 Å². The number of benzene rings is 2. The van der Waals surface area contributed by atoms with Crippen LogP contribution in [0.2, 0.25) is 0 Å². The maximum absolute atomic E-state index is 13.5. The molecule has 2 aliphatic heterocycles. The number of aryl methyl sites for hydroxylation is 1. The van der Waals surface area contributed by atoms with Crippen LogP contribution in [0.3, 0.4) is 0 Å². The molecule has 9 heteroatoms. The average Bonchev–Trinajstić information content (AvgIpc) is 2.86. The number of carbonyl (C=O) groups excluding carboxylic acids is 2. The zero-order valence-corrected chi connectivity index (χ0v) is 19.6. The molecule has 176 valence electrons. The van der Waals surface area contributed by atoms with E-state index in [1.54, 1.807) is 17.0 Å². The van der Waals surface area contributed by atoms with Gasteiger partial charge < -0.3 is 9.64 Å². The molecular weight excluding hydrogens is 442 g/mol. The smallest absolute Gasteiger partial charge is 0.331 e. The van der Waals surface area contributed by atoms with Crippen molar-refractivity contribution in [3.63, 3.8) is 0 Å². The Morgan fingerprint density at radius 3 is 2.06 bits per heavy atom. The Balaban J connectivity index is 1.61. The zero-order valence-electron chi connectivity index (χ0n) is 18.8. The van der Waals surface area contributed by atoms with E-state index in [0.29, 0.717) is 45.1 Å². The lowest BCUT2D eigenvalue weighted by Crippen LogP contribution is -2.48. The molecule has 2 heterocycles. The maximum Gasteiger partial charge on any atom is 0.331 e. The molecule has 0 bridgehead atoms. The van der Waals surface area contributed by atoms with Gasteiger partial charge in [-0.05, 0) is 62.6 Å². The van der Waals surface area contributed by atoms with E-state index in [-0.39, 0.29) is 16.5 Å². The highest BCUT2D eigenvalue weighted by molar-refractivity contribution is 7.89. The average molecular weight is 472 g/mol. The number of nitrogens with zero attached hydrogens (tertiary/aromatic N) is 3. The van der Waals surface area contributed by atoms with Crippen molar-refractivity contribution >= 4 is 27.6 Å². The number of carbonyl (C=O) groups is 2. The first-order chi connectivity index (χ1) is 15.9. The molecule has 2 aliphatic rings. The maximum atomic E-state index is 13.5. The topological polar surface area (TPSA) is 87.2 Å². The second-order valence-corrected chi connectivity index (χ2v) is 10.3. The van der Waals surface area contributed by atoms with E-state index in [4.69, 9.17) is 4.74 Å². The van der Waals surface area contributed by atoms with Crippen LogP contribution in [0.5, 0.6) is 0 Å². The van der Waals surface area contributed by atoms with Gasteiger partial charge >= 0.3 is 6.03 Å². The van der Waals surface area contributed by atoms with E-state index >= 15 is 0 Å². The molecule has 33 heavy (non-hydrogen) atoms. The fourth-order valence-corrected chi connectivity index (χ4v) is 5.48. The lowest BCUT2D eigenvalue weighted by atomic mass is 10.1. The summed E-state index contributed by atoms with van der Waals surface area (Å²) in [4.78, 5) is 29.8.